The fourth-order valence-electron chi connectivity index (χ4n) is 14.1. The third-order valence-electron chi connectivity index (χ3n) is 16.3. The molecule has 1 aromatic heterocycles. The number of fused-ring (bicyclic) bond motifs is 6. The average Bonchev–Trinajstić information content (AvgIpc) is 3.92. The molecule has 14 heteroatoms. The number of rotatable bonds is 8. The molecule has 3 fully saturated rings. The van der Waals surface area contributed by atoms with E-state index in [1.807, 2.05) is 56.1 Å². The van der Waals surface area contributed by atoms with E-state index in [1.54, 1.807) is 7.11 Å². The molecule has 328 valence electrons. The normalized spacial score (nSPS) is 37.4. The van der Waals surface area contributed by atoms with Crippen LogP contribution in [0.5, 0.6) is 5.75 Å². The lowest BCUT2D eigenvalue weighted by Gasteiger charge is -2.63. The predicted octanol–water partition coefficient (Wildman–Crippen LogP) is 4.70. The van der Waals surface area contributed by atoms with Crippen LogP contribution in [0.1, 0.15) is 75.3 Å². The van der Waals surface area contributed by atoms with Gasteiger partial charge in [0.2, 0.25) is 5.60 Å². The van der Waals surface area contributed by atoms with Crippen molar-refractivity contribution in [1.29, 1.82) is 0 Å². The van der Waals surface area contributed by atoms with E-state index >= 15 is 4.79 Å². The second-order valence-electron chi connectivity index (χ2n) is 19.0. The third-order valence-corrected chi connectivity index (χ3v) is 16.8. The van der Waals surface area contributed by atoms with Gasteiger partial charge in [0, 0.05) is 83.6 Å². The number of carbonyl (C=O) groups is 3. The number of aromatic nitrogens is 1. The topological polar surface area (TPSA) is 151 Å². The molecule has 0 radical (unpaired) electrons. The van der Waals surface area contributed by atoms with Gasteiger partial charge in [-0.15, -0.1) is 0 Å². The lowest BCUT2D eigenvalue weighted by atomic mass is 9.47. The van der Waals surface area contributed by atoms with Gasteiger partial charge in [-0.1, -0.05) is 55.8 Å². The van der Waals surface area contributed by atoms with E-state index in [4.69, 9.17) is 30.5 Å². The average molecular weight is 860 g/mol. The number of nitrogens with zero attached hydrogens (tertiary/aromatic N) is 3. The van der Waals surface area contributed by atoms with E-state index < -0.39 is 57.5 Å². The molecule has 2 bridgehead atoms. The van der Waals surface area contributed by atoms with Gasteiger partial charge in [-0.3, -0.25) is 14.5 Å². The summed E-state index contributed by atoms with van der Waals surface area (Å²) >= 11 is 6.94. The number of quaternary nitrogens is 1. The number of hydrogen-bond donors (Lipinski definition) is 3. The number of aromatic amines is 1. The van der Waals surface area contributed by atoms with E-state index in [2.05, 4.69) is 28.1 Å². The first-order valence-corrected chi connectivity index (χ1v) is 22.3. The summed E-state index contributed by atoms with van der Waals surface area (Å²) < 4.78 is 24.5. The Bertz CT molecular complexity index is 2330. The number of likely N-dealkylation sites (N-methyl/N-ethyl adjacent to an activating group) is 1. The monoisotopic (exact) mass is 859 g/mol. The third kappa shape index (κ3) is 5.49. The van der Waals surface area contributed by atoms with Crippen LogP contribution in [0.3, 0.4) is 0 Å². The Labute approximate surface area is 362 Å². The number of carbonyl (C=O) groups excluding carboxylic acids is 3. The Morgan fingerprint density at radius 1 is 1.00 bits per heavy atom. The van der Waals surface area contributed by atoms with Crippen LogP contribution in [0.25, 0.3) is 10.9 Å². The maximum atomic E-state index is 15.5. The van der Waals surface area contributed by atoms with Crippen LogP contribution in [0, 0.1) is 11.3 Å². The molecule has 1 aliphatic carbocycles. The van der Waals surface area contributed by atoms with Crippen molar-refractivity contribution in [3.8, 4) is 5.75 Å². The molecule has 2 aromatic carbocycles. The Hall–Kier alpha value is -4.14. The Morgan fingerprint density at radius 2 is 1.75 bits per heavy atom. The second kappa shape index (κ2) is 14.5. The number of aliphatic hydroxyl groups is 2. The first kappa shape index (κ1) is 42.2. The molecule has 2 saturated heterocycles. The van der Waals surface area contributed by atoms with Crippen molar-refractivity contribution in [2.75, 3.05) is 72.0 Å². The Morgan fingerprint density at radius 3 is 2.43 bits per heavy atom. The molecule has 3 N–H and O–H groups in total. The molecule has 61 heavy (non-hydrogen) atoms. The summed E-state index contributed by atoms with van der Waals surface area (Å²) in [6.45, 7) is 8.47. The summed E-state index contributed by atoms with van der Waals surface area (Å²) in [5.41, 5.74) is -1.92. The van der Waals surface area contributed by atoms with Gasteiger partial charge in [0.05, 0.1) is 40.5 Å². The fraction of sp³-hybridized carbons (Fsp3) is 0.596. The molecule has 1 spiro atoms. The highest BCUT2D eigenvalue weighted by molar-refractivity contribution is 6.17. The fourth-order valence-corrected chi connectivity index (χ4v) is 14.4. The Kier molecular flexibility index (Phi) is 9.99. The van der Waals surface area contributed by atoms with Crippen LogP contribution in [0.15, 0.2) is 48.6 Å². The van der Waals surface area contributed by atoms with Crippen molar-refractivity contribution in [2.45, 2.75) is 99.5 Å². The number of ether oxygens (including phenoxy) is 4. The number of hydrogen-bond acceptors (Lipinski definition) is 11. The Balaban J connectivity index is 1.37. The van der Waals surface area contributed by atoms with Gasteiger partial charge in [-0.2, -0.15) is 0 Å². The summed E-state index contributed by atoms with van der Waals surface area (Å²) in [7, 11) is 6.13. The lowest BCUT2D eigenvalue weighted by Crippen LogP contribution is -2.81. The van der Waals surface area contributed by atoms with Crippen molar-refractivity contribution >= 4 is 46.1 Å². The summed E-state index contributed by atoms with van der Waals surface area (Å²) in [4.78, 5) is 51.0. The van der Waals surface area contributed by atoms with E-state index in [-0.39, 0.29) is 18.4 Å². The summed E-state index contributed by atoms with van der Waals surface area (Å²) in [6, 6.07) is 11.2. The SMILES string of the molecule is CC[C@]1(O)C[C@@H]2C[C@](C(=O)OC)(c3cc4c(cc3OC)N(C)[C@H]3[C@@](O)(C(=O)OC)[C@H](OC(C)=O)[C@]5(CC)C=CCN6CC[C@]43[C@@H]65)c3[nH]c4ccccc4c3CC[N@+](CCl)(C2)C1. The number of nitrogens with one attached hydrogen (secondary N) is 1. The first-order chi connectivity index (χ1) is 29.1. The van der Waals surface area contributed by atoms with Gasteiger partial charge in [0.15, 0.2) is 12.1 Å². The number of esters is 3. The number of piperidine rings is 1. The maximum absolute atomic E-state index is 15.5. The molecule has 0 unspecified atom stereocenters. The van der Waals surface area contributed by atoms with Crippen LogP contribution in [0.2, 0.25) is 0 Å². The molecule has 10 atom stereocenters. The minimum absolute atomic E-state index is 0.165. The molecule has 6 heterocycles. The summed E-state index contributed by atoms with van der Waals surface area (Å²) in [5.74, 6) is -1.68. The number of benzene rings is 2. The number of anilines is 1. The van der Waals surface area contributed by atoms with Crippen LogP contribution in [-0.4, -0.2) is 139 Å². The molecular weight excluding hydrogens is 800 g/mol. The standard InChI is InChI=1S/C47H60ClN4O9/c1-8-43(56)23-29-24-46(41(54)59-6,37-31(15-20-52(25-29,26-43)27-48)30-13-10-11-14-34(30)49-37)33-21-32-35(22-36(33)58-5)50(4)39-45(32)17-19-51-18-12-16-44(9-2,38(45)51)40(61-28(3)53)47(39,57)42(55)60-7/h10-14,16,21-22,29,38-40,49,56-57H,8-9,15,17-20,23-27H2,1-7H3/q+1/t29-,38+,39-,40-,43+,44-,45-,46+,47+,52+/m1/s1. The number of alkyl halides is 1. The van der Waals surface area contributed by atoms with Gasteiger partial charge in [0.25, 0.3) is 0 Å². The predicted molar refractivity (Wildman–Crippen MR) is 230 cm³/mol. The maximum Gasteiger partial charge on any atom is 0.344 e. The van der Waals surface area contributed by atoms with Gasteiger partial charge >= 0.3 is 17.9 Å². The number of H-pyrrole nitrogens is 1. The molecule has 5 aliphatic heterocycles. The van der Waals surface area contributed by atoms with Crippen LogP contribution < -0.4 is 9.64 Å². The smallest absolute Gasteiger partial charge is 0.344 e. The number of halogens is 1. The van der Waals surface area contributed by atoms with E-state index in [0.29, 0.717) is 86.6 Å². The molecule has 6 aliphatic rings. The highest BCUT2D eigenvalue weighted by Gasteiger charge is 2.80. The van der Waals surface area contributed by atoms with Gasteiger partial charge < -0.3 is 43.5 Å². The molecule has 13 nitrogen and oxygen atoms in total. The van der Waals surface area contributed by atoms with Gasteiger partial charge in [-0.05, 0) is 61.9 Å². The van der Waals surface area contributed by atoms with E-state index in [9.17, 15) is 19.8 Å². The van der Waals surface area contributed by atoms with Crippen molar-refractivity contribution in [3.63, 3.8) is 0 Å². The zero-order valence-corrected chi connectivity index (χ0v) is 37.1. The molecule has 9 rings (SSSR count). The van der Waals surface area contributed by atoms with E-state index in [0.717, 1.165) is 33.4 Å². The quantitative estimate of drug-likeness (QED) is 0.0723. The zero-order valence-electron chi connectivity index (χ0n) is 36.4. The minimum Gasteiger partial charge on any atom is -0.496 e. The van der Waals surface area contributed by atoms with Crippen LogP contribution >= 0.6 is 11.6 Å². The lowest BCUT2D eigenvalue weighted by molar-refractivity contribution is -0.932. The minimum atomic E-state index is -2.32. The molecule has 1 saturated carbocycles. The van der Waals surface area contributed by atoms with Crippen molar-refractivity contribution in [2.24, 2.45) is 11.3 Å². The van der Waals surface area contributed by atoms with Crippen LogP contribution in [0.4, 0.5) is 5.69 Å². The number of para-hydroxylation sites is 1. The highest BCUT2D eigenvalue weighted by Crippen LogP contribution is 2.68. The summed E-state index contributed by atoms with van der Waals surface area (Å²) in [5, 5.41) is 26.6. The van der Waals surface area contributed by atoms with E-state index in [1.165, 1.54) is 21.1 Å². The van der Waals surface area contributed by atoms with Gasteiger partial charge in [0.1, 0.15) is 23.3 Å². The van der Waals surface area contributed by atoms with Gasteiger partial charge in [-0.25, -0.2) is 4.79 Å². The summed E-state index contributed by atoms with van der Waals surface area (Å²) in [6.07, 6.45) is 5.73. The zero-order chi connectivity index (χ0) is 43.5. The highest BCUT2D eigenvalue weighted by atomic mass is 35.5. The van der Waals surface area contributed by atoms with Crippen molar-refractivity contribution < 1.29 is 48.0 Å². The molecular formula is C47H60ClN4O9+. The molecule has 0 amide bonds. The first-order valence-electron chi connectivity index (χ1n) is 21.8. The van der Waals surface area contributed by atoms with Crippen molar-refractivity contribution in [3.05, 3.63) is 70.9 Å². The van der Waals surface area contributed by atoms with Crippen LogP contribution in [-0.2, 0) is 45.8 Å². The van der Waals surface area contributed by atoms with Crippen molar-refractivity contribution in [1.82, 2.24) is 9.88 Å². The number of methoxy groups -OCH3 is 3. The largest absolute Gasteiger partial charge is 0.496 e. The molecule has 3 aromatic rings. The second-order valence-corrected chi connectivity index (χ2v) is 19.2.